The monoisotopic (exact) mass is 311 g/mol. The summed E-state index contributed by atoms with van der Waals surface area (Å²) in [6.07, 6.45) is 0.240. The summed E-state index contributed by atoms with van der Waals surface area (Å²) < 4.78 is 10.9. The lowest BCUT2D eigenvalue weighted by molar-refractivity contribution is -0.104. The van der Waals surface area contributed by atoms with Crippen LogP contribution >= 0.6 is 0 Å². The van der Waals surface area contributed by atoms with Crippen LogP contribution in [0, 0.1) is 0 Å². The van der Waals surface area contributed by atoms with Crippen LogP contribution in [0.25, 0.3) is 0 Å². The van der Waals surface area contributed by atoms with Gasteiger partial charge in [-0.25, -0.2) is 0 Å². The van der Waals surface area contributed by atoms with Gasteiger partial charge in [-0.2, -0.15) is 0 Å². The van der Waals surface area contributed by atoms with Gasteiger partial charge in [0.2, 0.25) is 5.78 Å². The van der Waals surface area contributed by atoms with Crippen molar-refractivity contribution in [2.24, 2.45) is 0 Å². The maximum atomic E-state index is 12.2. The summed E-state index contributed by atoms with van der Waals surface area (Å²) in [5.74, 6) is 0.280. The van der Waals surface area contributed by atoms with Crippen LogP contribution in [0.3, 0.4) is 0 Å². The number of hydrogen-bond acceptors (Lipinski definition) is 5. The Balaban J connectivity index is 1.74. The summed E-state index contributed by atoms with van der Waals surface area (Å²) in [5, 5.41) is 2.74. The van der Waals surface area contributed by atoms with E-state index in [4.69, 9.17) is 9.47 Å². The fraction of sp³-hybridized carbons (Fsp3) is 0.118. The van der Waals surface area contributed by atoms with Crippen molar-refractivity contribution < 1.29 is 23.9 Å². The summed E-state index contributed by atoms with van der Waals surface area (Å²) in [6, 6.07) is 11.0. The zero-order valence-corrected chi connectivity index (χ0v) is 12.1. The van der Waals surface area contributed by atoms with Gasteiger partial charge >= 0.3 is 0 Å². The molecule has 0 spiro atoms. The Hall–Kier alpha value is -3.15. The first-order valence-corrected chi connectivity index (χ1v) is 6.98. The number of benzene rings is 2. The molecule has 0 atom stereocenters. The zero-order chi connectivity index (χ0) is 16.2. The van der Waals surface area contributed by atoms with E-state index < -0.39 is 5.78 Å². The lowest BCUT2D eigenvalue weighted by atomic mass is 10.1. The Kier molecular flexibility index (Phi) is 4.05. The number of aldehydes is 1. The van der Waals surface area contributed by atoms with Crippen LogP contribution in [0.4, 0.5) is 5.69 Å². The molecule has 0 unspecified atom stereocenters. The molecule has 0 saturated heterocycles. The molecule has 23 heavy (non-hydrogen) atoms. The molecule has 0 radical (unpaired) electrons. The van der Waals surface area contributed by atoms with Crippen LogP contribution in [0.15, 0.2) is 42.5 Å². The second-order valence-corrected chi connectivity index (χ2v) is 4.87. The molecule has 116 valence electrons. The largest absolute Gasteiger partial charge is 0.486 e. The minimum absolute atomic E-state index is 0.240. The van der Waals surface area contributed by atoms with Crippen LogP contribution in [-0.2, 0) is 4.79 Å². The van der Waals surface area contributed by atoms with Crippen LogP contribution in [0.2, 0.25) is 0 Å². The smallest absolute Gasteiger partial charge is 0.255 e. The van der Waals surface area contributed by atoms with Gasteiger partial charge < -0.3 is 14.8 Å². The molecule has 0 fully saturated rings. The maximum absolute atomic E-state index is 12.2. The van der Waals surface area contributed by atoms with Crippen molar-refractivity contribution in [1.29, 1.82) is 0 Å². The van der Waals surface area contributed by atoms with E-state index >= 15 is 0 Å². The van der Waals surface area contributed by atoms with Gasteiger partial charge in [0.1, 0.15) is 13.2 Å². The number of hydrogen-bond donors (Lipinski definition) is 1. The van der Waals surface area contributed by atoms with Crippen LogP contribution in [0.1, 0.15) is 20.7 Å². The third-order valence-electron chi connectivity index (χ3n) is 3.34. The van der Waals surface area contributed by atoms with Gasteiger partial charge in [-0.1, -0.05) is 12.1 Å². The number of ether oxygens (including phenoxy) is 2. The highest BCUT2D eigenvalue weighted by atomic mass is 16.6. The SMILES string of the molecule is O=CC(=O)c1ccc(C(=O)Nc2ccc3c(c2)OCCO3)cc1. The number of carbonyl (C=O) groups excluding carboxylic acids is 3. The molecule has 3 rings (SSSR count). The number of carbonyl (C=O) groups is 3. The summed E-state index contributed by atoms with van der Waals surface area (Å²) in [7, 11) is 0. The van der Waals surface area contributed by atoms with Gasteiger partial charge in [0.25, 0.3) is 5.91 Å². The Labute approximate surface area is 132 Å². The standard InChI is InChI=1S/C17H13NO5/c19-10-14(20)11-1-3-12(4-2-11)17(21)18-13-5-6-15-16(9-13)23-8-7-22-15/h1-6,9-10H,7-8H2,(H,18,21). The van der Waals surface area contributed by atoms with E-state index in [1.165, 1.54) is 24.3 Å². The molecule has 6 heteroatoms. The second-order valence-electron chi connectivity index (χ2n) is 4.87. The molecule has 2 aromatic carbocycles. The molecule has 0 aromatic heterocycles. The average Bonchev–Trinajstić information content (AvgIpc) is 2.61. The first-order chi connectivity index (χ1) is 11.2. The van der Waals surface area contributed by atoms with Crippen molar-refractivity contribution in [1.82, 2.24) is 0 Å². The quantitative estimate of drug-likeness (QED) is 0.531. The third kappa shape index (κ3) is 3.21. The molecule has 0 bridgehead atoms. The molecule has 0 aliphatic carbocycles. The van der Waals surface area contributed by atoms with Crippen molar-refractivity contribution in [2.75, 3.05) is 18.5 Å². The highest BCUT2D eigenvalue weighted by molar-refractivity contribution is 6.33. The number of fused-ring (bicyclic) bond motifs is 1. The lowest BCUT2D eigenvalue weighted by Crippen LogP contribution is -2.16. The van der Waals surface area contributed by atoms with Gasteiger partial charge in [-0.3, -0.25) is 14.4 Å². The van der Waals surface area contributed by atoms with Crippen LogP contribution in [0.5, 0.6) is 11.5 Å². The summed E-state index contributed by atoms with van der Waals surface area (Å²) in [4.78, 5) is 33.9. The minimum atomic E-state index is -0.621. The van der Waals surface area contributed by atoms with E-state index in [0.717, 1.165) is 0 Å². The van der Waals surface area contributed by atoms with Gasteiger partial charge in [-0.15, -0.1) is 0 Å². The van der Waals surface area contributed by atoms with E-state index in [1.807, 2.05) is 0 Å². The van der Waals surface area contributed by atoms with Gasteiger partial charge in [0, 0.05) is 22.9 Å². The van der Waals surface area contributed by atoms with Crippen molar-refractivity contribution in [3.05, 3.63) is 53.6 Å². The number of rotatable bonds is 4. The van der Waals surface area contributed by atoms with Crippen LogP contribution in [-0.4, -0.2) is 31.2 Å². The molecule has 2 aromatic rings. The summed E-state index contributed by atoms with van der Waals surface area (Å²) in [6.45, 7) is 0.973. The Bertz CT molecular complexity index is 767. The van der Waals surface area contributed by atoms with Crippen molar-refractivity contribution in [3.63, 3.8) is 0 Å². The van der Waals surface area contributed by atoms with Gasteiger partial charge in [-0.05, 0) is 24.3 Å². The first-order valence-electron chi connectivity index (χ1n) is 6.98. The number of anilines is 1. The van der Waals surface area contributed by atoms with E-state index in [0.29, 0.717) is 36.0 Å². The van der Waals surface area contributed by atoms with E-state index in [-0.39, 0.29) is 17.8 Å². The molecule has 1 heterocycles. The Morgan fingerprint density at radius 2 is 1.57 bits per heavy atom. The lowest BCUT2D eigenvalue weighted by Gasteiger charge is -2.19. The molecule has 1 aliphatic heterocycles. The van der Waals surface area contributed by atoms with Crippen molar-refractivity contribution >= 4 is 23.7 Å². The zero-order valence-electron chi connectivity index (χ0n) is 12.1. The highest BCUT2D eigenvalue weighted by Gasteiger charge is 2.13. The highest BCUT2D eigenvalue weighted by Crippen LogP contribution is 2.32. The fourth-order valence-electron chi connectivity index (χ4n) is 2.18. The number of ketones is 1. The minimum Gasteiger partial charge on any atom is -0.486 e. The van der Waals surface area contributed by atoms with Gasteiger partial charge in [0.05, 0.1) is 0 Å². The Morgan fingerprint density at radius 3 is 2.26 bits per heavy atom. The van der Waals surface area contributed by atoms with E-state index in [1.54, 1.807) is 18.2 Å². The predicted molar refractivity (Wildman–Crippen MR) is 82.2 cm³/mol. The van der Waals surface area contributed by atoms with E-state index in [2.05, 4.69) is 5.32 Å². The third-order valence-corrected chi connectivity index (χ3v) is 3.34. The Morgan fingerprint density at radius 1 is 0.913 bits per heavy atom. The normalized spacial score (nSPS) is 12.3. The average molecular weight is 311 g/mol. The fourth-order valence-corrected chi connectivity index (χ4v) is 2.18. The van der Waals surface area contributed by atoms with Gasteiger partial charge in [0.15, 0.2) is 17.8 Å². The van der Waals surface area contributed by atoms with Crippen molar-refractivity contribution in [3.8, 4) is 11.5 Å². The van der Waals surface area contributed by atoms with Crippen molar-refractivity contribution in [2.45, 2.75) is 0 Å². The number of amides is 1. The second kappa shape index (κ2) is 6.31. The first kappa shape index (κ1) is 14.8. The molecule has 6 nitrogen and oxygen atoms in total. The molecule has 1 aliphatic rings. The maximum Gasteiger partial charge on any atom is 0.255 e. The molecule has 0 saturated carbocycles. The predicted octanol–water partition coefficient (Wildman–Crippen LogP) is 2.09. The molecule has 1 amide bonds. The number of nitrogens with one attached hydrogen (secondary N) is 1. The molecular weight excluding hydrogens is 298 g/mol. The number of Topliss-reactive ketones (excluding diaryl/α,β-unsaturated/α-hetero) is 1. The summed E-state index contributed by atoms with van der Waals surface area (Å²) >= 11 is 0. The topological polar surface area (TPSA) is 81.7 Å². The summed E-state index contributed by atoms with van der Waals surface area (Å²) in [5.41, 5.74) is 1.20. The molecular formula is C17H13NO5. The van der Waals surface area contributed by atoms with Crippen LogP contribution < -0.4 is 14.8 Å². The van der Waals surface area contributed by atoms with E-state index in [9.17, 15) is 14.4 Å². The molecule has 1 N–H and O–H groups in total.